The molecule has 6 heteroatoms. The molecule has 0 aliphatic heterocycles. The molecule has 1 atom stereocenters. The van der Waals surface area contributed by atoms with Gasteiger partial charge < -0.3 is 11.1 Å². The number of hydrogen-bond donors (Lipinski definition) is 2. The Morgan fingerprint density at radius 2 is 2.00 bits per heavy atom. The molecule has 0 bridgehead atoms. The summed E-state index contributed by atoms with van der Waals surface area (Å²) >= 11 is 0. The normalized spacial score (nSPS) is 13.3. The number of rotatable bonds is 5. The Labute approximate surface area is 116 Å². The van der Waals surface area contributed by atoms with Crippen LogP contribution >= 0.6 is 0 Å². The molecule has 1 amide bonds. The first-order chi connectivity index (χ1) is 9.24. The van der Waals surface area contributed by atoms with Gasteiger partial charge in [-0.05, 0) is 30.5 Å². The summed E-state index contributed by atoms with van der Waals surface area (Å²) in [6, 6.07) is 4.12. The zero-order chi connectivity index (χ0) is 15.3. The van der Waals surface area contributed by atoms with Crippen molar-refractivity contribution in [2.24, 2.45) is 11.7 Å². The lowest BCUT2D eigenvalue weighted by Crippen LogP contribution is -2.41. The van der Waals surface area contributed by atoms with E-state index in [9.17, 15) is 18.0 Å². The van der Waals surface area contributed by atoms with Crippen LogP contribution < -0.4 is 11.1 Å². The third kappa shape index (κ3) is 4.85. The second-order valence-electron chi connectivity index (χ2n) is 5.11. The van der Waals surface area contributed by atoms with Gasteiger partial charge in [0.2, 0.25) is 0 Å². The fraction of sp³-hybridized carbons (Fsp3) is 0.500. The van der Waals surface area contributed by atoms with E-state index in [0.29, 0.717) is 12.3 Å². The highest BCUT2D eigenvalue weighted by atomic mass is 19.4. The zero-order valence-corrected chi connectivity index (χ0v) is 11.5. The minimum atomic E-state index is -4.46. The number of nitrogens with two attached hydrogens (primary N) is 1. The molecule has 1 rings (SSSR count). The lowest BCUT2D eigenvalue weighted by molar-refractivity contribution is -0.137. The van der Waals surface area contributed by atoms with Crippen molar-refractivity contribution in [1.82, 2.24) is 5.32 Å². The Morgan fingerprint density at radius 1 is 1.35 bits per heavy atom. The number of benzene rings is 1. The summed E-state index contributed by atoms with van der Waals surface area (Å²) in [4.78, 5) is 11.9. The smallest absolute Gasteiger partial charge is 0.348 e. The molecule has 0 saturated heterocycles. The highest BCUT2D eigenvalue weighted by molar-refractivity contribution is 5.94. The van der Waals surface area contributed by atoms with Crippen LogP contribution in [0.2, 0.25) is 0 Å². The van der Waals surface area contributed by atoms with Crippen LogP contribution in [-0.2, 0) is 6.18 Å². The number of carbonyl (C=O) groups is 1. The van der Waals surface area contributed by atoms with E-state index in [-0.39, 0.29) is 18.2 Å². The molecule has 1 aromatic carbocycles. The van der Waals surface area contributed by atoms with Crippen molar-refractivity contribution >= 4 is 5.91 Å². The van der Waals surface area contributed by atoms with Crippen LogP contribution in [0.5, 0.6) is 0 Å². The second kappa shape index (κ2) is 6.74. The van der Waals surface area contributed by atoms with E-state index in [1.807, 2.05) is 13.8 Å². The van der Waals surface area contributed by atoms with Gasteiger partial charge in [-0.3, -0.25) is 4.79 Å². The standard InChI is InChI=1S/C14H19F3N2O/c1-9(2)6-12(8-18)19-13(20)10-4-3-5-11(7-10)14(15,16)17/h3-5,7,9,12H,6,8,18H2,1-2H3,(H,19,20). The molecular formula is C14H19F3N2O. The average Bonchev–Trinajstić information content (AvgIpc) is 2.36. The summed E-state index contributed by atoms with van der Waals surface area (Å²) in [5, 5.41) is 2.66. The van der Waals surface area contributed by atoms with Crippen LogP contribution in [0.1, 0.15) is 36.2 Å². The number of hydrogen-bond acceptors (Lipinski definition) is 2. The summed E-state index contributed by atoms with van der Waals surface area (Å²) in [6.07, 6.45) is -3.78. The van der Waals surface area contributed by atoms with E-state index in [2.05, 4.69) is 5.32 Å². The number of alkyl halides is 3. The van der Waals surface area contributed by atoms with Crippen LogP contribution in [0.3, 0.4) is 0 Å². The van der Waals surface area contributed by atoms with Gasteiger partial charge in [-0.2, -0.15) is 13.2 Å². The van der Waals surface area contributed by atoms with Crippen molar-refractivity contribution in [1.29, 1.82) is 0 Å². The van der Waals surface area contributed by atoms with Crippen molar-refractivity contribution < 1.29 is 18.0 Å². The van der Waals surface area contributed by atoms with E-state index < -0.39 is 17.6 Å². The van der Waals surface area contributed by atoms with Gasteiger partial charge in [0.1, 0.15) is 0 Å². The molecule has 0 heterocycles. The predicted octanol–water partition coefficient (Wildman–Crippen LogP) is 2.81. The maximum atomic E-state index is 12.6. The maximum absolute atomic E-state index is 12.6. The van der Waals surface area contributed by atoms with Gasteiger partial charge in [0.15, 0.2) is 0 Å². The van der Waals surface area contributed by atoms with Gasteiger partial charge in [-0.25, -0.2) is 0 Å². The van der Waals surface area contributed by atoms with Crippen molar-refractivity contribution in [2.75, 3.05) is 6.54 Å². The zero-order valence-electron chi connectivity index (χ0n) is 11.5. The largest absolute Gasteiger partial charge is 0.416 e. The quantitative estimate of drug-likeness (QED) is 0.875. The third-order valence-electron chi connectivity index (χ3n) is 2.83. The Bertz CT molecular complexity index is 458. The monoisotopic (exact) mass is 288 g/mol. The van der Waals surface area contributed by atoms with Crippen molar-refractivity contribution in [2.45, 2.75) is 32.5 Å². The topological polar surface area (TPSA) is 55.1 Å². The molecular weight excluding hydrogens is 269 g/mol. The highest BCUT2D eigenvalue weighted by Gasteiger charge is 2.31. The Morgan fingerprint density at radius 3 is 2.50 bits per heavy atom. The minimum Gasteiger partial charge on any atom is -0.348 e. The summed E-state index contributed by atoms with van der Waals surface area (Å²) < 4.78 is 37.7. The summed E-state index contributed by atoms with van der Waals surface area (Å²) in [5.74, 6) is -0.197. The number of amides is 1. The molecule has 0 spiro atoms. The molecule has 1 aromatic rings. The molecule has 1 unspecified atom stereocenters. The fourth-order valence-corrected chi connectivity index (χ4v) is 1.89. The Hall–Kier alpha value is -1.56. The van der Waals surface area contributed by atoms with E-state index in [1.165, 1.54) is 12.1 Å². The molecule has 3 nitrogen and oxygen atoms in total. The van der Waals surface area contributed by atoms with Gasteiger partial charge in [0.05, 0.1) is 5.56 Å². The molecule has 20 heavy (non-hydrogen) atoms. The van der Waals surface area contributed by atoms with Crippen LogP contribution in [0.25, 0.3) is 0 Å². The second-order valence-corrected chi connectivity index (χ2v) is 5.11. The summed E-state index contributed by atoms with van der Waals surface area (Å²) in [5.41, 5.74) is 4.70. The number of carbonyl (C=O) groups excluding carboxylic acids is 1. The first-order valence-corrected chi connectivity index (χ1v) is 6.42. The summed E-state index contributed by atoms with van der Waals surface area (Å²) in [6.45, 7) is 4.22. The molecule has 0 radical (unpaired) electrons. The number of halogens is 3. The molecule has 0 aliphatic rings. The highest BCUT2D eigenvalue weighted by Crippen LogP contribution is 2.29. The van der Waals surface area contributed by atoms with Gasteiger partial charge in [-0.15, -0.1) is 0 Å². The number of nitrogens with one attached hydrogen (secondary N) is 1. The van der Waals surface area contributed by atoms with Crippen LogP contribution in [0, 0.1) is 5.92 Å². The van der Waals surface area contributed by atoms with E-state index in [1.54, 1.807) is 0 Å². The summed E-state index contributed by atoms with van der Waals surface area (Å²) in [7, 11) is 0. The molecule has 3 N–H and O–H groups in total. The van der Waals surface area contributed by atoms with E-state index in [4.69, 9.17) is 5.73 Å². The van der Waals surface area contributed by atoms with Crippen molar-refractivity contribution in [3.05, 3.63) is 35.4 Å². The molecule has 112 valence electrons. The Kier molecular flexibility index (Phi) is 5.56. The van der Waals surface area contributed by atoms with Gasteiger partial charge in [0, 0.05) is 18.2 Å². The van der Waals surface area contributed by atoms with Crippen LogP contribution in [0.15, 0.2) is 24.3 Å². The third-order valence-corrected chi connectivity index (χ3v) is 2.83. The van der Waals surface area contributed by atoms with E-state index in [0.717, 1.165) is 12.1 Å². The van der Waals surface area contributed by atoms with Crippen LogP contribution in [0.4, 0.5) is 13.2 Å². The molecule has 0 saturated carbocycles. The van der Waals surface area contributed by atoms with Crippen LogP contribution in [-0.4, -0.2) is 18.5 Å². The molecule has 0 aliphatic carbocycles. The molecule has 0 aromatic heterocycles. The first-order valence-electron chi connectivity index (χ1n) is 6.42. The lowest BCUT2D eigenvalue weighted by atomic mass is 10.0. The average molecular weight is 288 g/mol. The molecule has 0 fully saturated rings. The Balaban J connectivity index is 2.82. The van der Waals surface area contributed by atoms with Gasteiger partial charge >= 0.3 is 6.18 Å². The first kappa shape index (κ1) is 16.5. The SMILES string of the molecule is CC(C)CC(CN)NC(=O)c1cccc(C(F)(F)F)c1. The van der Waals surface area contributed by atoms with E-state index >= 15 is 0 Å². The maximum Gasteiger partial charge on any atom is 0.416 e. The minimum absolute atomic E-state index is 0.0120. The lowest BCUT2D eigenvalue weighted by Gasteiger charge is -2.19. The predicted molar refractivity (Wildman–Crippen MR) is 71.2 cm³/mol. The van der Waals surface area contributed by atoms with Gasteiger partial charge in [-0.1, -0.05) is 19.9 Å². The van der Waals surface area contributed by atoms with Crippen molar-refractivity contribution in [3.8, 4) is 0 Å². The van der Waals surface area contributed by atoms with Crippen molar-refractivity contribution in [3.63, 3.8) is 0 Å². The van der Waals surface area contributed by atoms with Gasteiger partial charge in [0.25, 0.3) is 5.91 Å². The fourth-order valence-electron chi connectivity index (χ4n) is 1.89.